The summed E-state index contributed by atoms with van der Waals surface area (Å²) in [7, 11) is -3.64. The molecule has 1 heterocycles. The van der Waals surface area contributed by atoms with E-state index in [4.69, 9.17) is 9.57 Å². The first-order valence-electron chi connectivity index (χ1n) is 5.73. The van der Waals surface area contributed by atoms with Crippen molar-refractivity contribution in [3.8, 4) is 5.75 Å². The maximum atomic E-state index is 12.0. The van der Waals surface area contributed by atoms with Gasteiger partial charge in [-0.1, -0.05) is 4.89 Å². The highest BCUT2D eigenvalue weighted by Gasteiger charge is 2.21. The summed E-state index contributed by atoms with van der Waals surface area (Å²) < 4.78 is 29.3. The molecule has 1 aromatic carbocycles. The zero-order chi connectivity index (χ0) is 13.4. The third-order valence-electron chi connectivity index (χ3n) is 2.43. The van der Waals surface area contributed by atoms with Crippen molar-refractivity contribution in [2.45, 2.75) is 37.7 Å². The molecule has 0 saturated carbocycles. The fourth-order valence-electron chi connectivity index (χ4n) is 1.56. The molecule has 5 nitrogen and oxygen atoms in total. The van der Waals surface area contributed by atoms with Crippen molar-refractivity contribution < 1.29 is 18.0 Å². The Morgan fingerprint density at radius 2 is 2.06 bits per heavy atom. The van der Waals surface area contributed by atoms with Gasteiger partial charge in [-0.3, -0.25) is 4.84 Å². The van der Waals surface area contributed by atoms with Crippen LogP contribution in [0.15, 0.2) is 23.1 Å². The molecule has 100 valence electrons. The molecule has 0 spiro atoms. The van der Waals surface area contributed by atoms with Crippen LogP contribution in [0.4, 0.5) is 0 Å². The molecular weight excluding hydrogens is 254 g/mol. The minimum Gasteiger partial charge on any atom is -0.493 e. The molecular formula is C12H17NO4S. The monoisotopic (exact) mass is 271 g/mol. The number of hydrogen-bond donors (Lipinski definition) is 1. The van der Waals surface area contributed by atoms with Gasteiger partial charge >= 0.3 is 0 Å². The predicted octanol–water partition coefficient (Wildman–Crippen LogP) is 1.63. The average Bonchev–Trinajstić information content (AvgIpc) is 2.72. The van der Waals surface area contributed by atoms with E-state index < -0.39 is 15.6 Å². The van der Waals surface area contributed by atoms with Crippen LogP contribution < -0.4 is 9.62 Å². The Balaban J connectivity index is 2.20. The zero-order valence-electron chi connectivity index (χ0n) is 10.7. The molecule has 0 saturated heterocycles. The van der Waals surface area contributed by atoms with E-state index in [1.54, 1.807) is 32.9 Å². The van der Waals surface area contributed by atoms with Crippen LogP contribution in [0.1, 0.15) is 26.3 Å². The first-order valence-corrected chi connectivity index (χ1v) is 7.22. The Labute approximate surface area is 107 Å². The van der Waals surface area contributed by atoms with Crippen molar-refractivity contribution in [3.63, 3.8) is 0 Å². The van der Waals surface area contributed by atoms with Crippen LogP contribution in [-0.2, 0) is 21.3 Å². The predicted molar refractivity (Wildman–Crippen MR) is 66.8 cm³/mol. The molecule has 0 atom stereocenters. The molecule has 1 N–H and O–H groups in total. The summed E-state index contributed by atoms with van der Waals surface area (Å²) in [5.74, 6) is 0.755. The van der Waals surface area contributed by atoms with Crippen molar-refractivity contribution in [3.05, 3.63) is 23.8 Å². The summed E-state index contributed by atoms with van der Waals surface area (Å²) in [6.45, 7) is 5.91. The van der Waals surface area contributed by atoms with Crippen LogP contribution in [0.2, 0.25) is 0 Å². The molecule has 1 aliphatic heterocycles. The van der Waals surface area contributed by atoms with Crippen LogP contribution in [0, 0.1) is 0 Å². The van der Waals surface area contributed by atoms with E-state index in [0.717, 1.165) is 17.7 Å². The Morgan fingerprint density at radius 3 is 2.72 bits per heavy atom. The van der Waals surface area contributed by atoms with Crippen molar-refractivity contribution in [1.82, 2.24) is 4.89 Å². The second-order valence-corrected chi connectivity index (χ2v) is 6.81. The van der Waals surface area contributed by atoms with Gasteiger partial charge in [0.15, 0.2) is 0 Å². The van der Waals surface area contributed by atoms with Gasteiger partial charge < -0.3 is 4.74 Å². The number of hydrogen-bond acceptors (Lipinski definition) is 4. The summed E-state index contributed by atoms with van der Waals surface area (Å²) in [6.07, 6.45) is 0.735. The number of rotatable bonds is 3. The molecule has 1 aromatic rings. The van der Waals surface area contributed by atoms with E-state index in [0.29, 0.717) is 6.61 Å². The van der Waals surface area contributed by atoms with Crippen molar-refractivity contribution >= 4 is 10.0 Å². The molecule has 1 aliphatic rings. The van der Waals surface area contributed by atoms with Gasteiger partial charge in [-0.15, -0.1) is 0 Å². The number of nitrogens with one attached hydrogen (secondary N) is 1. The first kappa shape index (κ1) is 13.3. The highest BCUT2D eigenvalue weighted by atomic mass is 32.2. The lowest BCUT2D eigenvalue weighted by atomic mass is 10.2. The number of sulfonamides is 1. The highest BCUT2D eigenvalue weighted by Crippen LogP contribution is 2.27. The van der Waals surface area contributed by atoms with E-state index in [2.05, 4.69) is 4.89 Å². The molecule has 2 rings (SSSR count). The molecule has 0 unspecified atom stereocenters. The van der Waals surface area contributed by atoms with Crippen molar-refractivity contribution in [2.75, 3.05) is 6.61 Å². The van der Waals surface area contributed by atoms with Crippen molar-refractivity contribution in [1.29, 1.82) is 0 Å². The fraction of sp³-hybridized carbons (Fsp3) is 0.500. The summed E-state index contributed by atoms with van der Waals surface area (Å²) in [5, 5.41) is 0. The Bertz CT molecular complexity index is 546. The van der Waals surface area contributed by atoms with Gasteiger partial charge in [0, 0.05) is 6.42 Å². The van der Waals surface area contributed by atoms with Gasteiger partial charge in [-0.2, -0.15) is 0 Å². The highest BCUT2D eigenvalue weighted by molar-refractivity contribution is 7.89. The lowest BCUT2D eigenvalue weighted by Gasteiger charge is -2.19. The van der Waals surface area contributed by atoms with Crippen LogP contribution in [-0.4, -0.2) is 20.6 Å². The SMILES string of the molecule is CC(C)(C)ONS(=O)(=O)c1ccc2c(c1)CCO2. The lowest BCUT2D eigenvalue weighted by Crippen LogP contribution is -2.33. The van der Waals surface area contributed by atoms with E-state index in [1.165, 1.54) is 6.07 Å². The van der Waals surface area contributed by atoms with Crippen LogP contribution in [0.5, 0.6) is 5.75 Å². The molecule has 0 bridgehead atoms. The third-order valence-corrected chi connectivity index (χ3v) is 3.61. The first-order chi connectivity index (χ1) is 8.28. The minimum absolute atomic E-state index is 0.191. The van der Waals surface area contributed by atoms with Gasteiger partial charge in [0.05, 0.1) is 17.1 Å². The number of ether oxygens (including phenoxy) is 1. The summed E-state index contributed by atoms with van der Waals surface area (Å²) in [5.41, 5.74) is 0.334. The maximum absolute atomic E-state index is 12.0. The van der Waals surface area contributed by atoms with Gasteiger partial charge in [0.25, 0.3) is 10.0 Å². The Hall–Kier alpha value is -1.11. The quantitative estimate of drug-likeness (QED) is 0.849. The van der Waals surface area contributed by atoms with Gasteiger partial charge in [0.1, 0.15) is 5.75 Å². The molecule has 18 heavy (non-hydrogen) atoms. The molecule has 0 radical (unpaired) electrons. The number of benzene rings is 1. The maximum Gasteiger partial charge on any atom is 0.262 e. The van der Waals surface area contributed by atoms with E-state index in [9.17, 15) is 8.42 Å². The Morgan fingerprint density at radius 1 is 1.33 bits per heavy atom. The van der Waals surface area contributed by atoms with Crippen LogP contribution in [0.25, 0.3) is 0 Å². The smallest absolute Gasteiger partial charge is 0.262 e. The largest absolute Gasteiger partial charge is 0.493 e. The third kappa shape index (κ3) is 3.01. The van der Waals surface area contributed by atoms with Crippen LogP contribution in [0.3, 0.4) is 0 Å². The van der Waals surface area contributed by atoms with E-state index >= 15 is 0 Å². The topological polar surface area (TPSA) is 64.6 Å². The second-order valence-electron chi connectivity index (χ2n) is 5.17. The van der Waals surface area contributed by atoms with Crippen LogP contribution >= 0.6 is 0 Å². The summed E-state index contributed by atoms with van der Waals surface area (Å²) in [6, 6.07) is 4.81. The second kappa shape index (κ2) is 4.53. The normalized spacial score (nSPS) is 15.3. The minimum atomic E-state index is -3.64. The Kier molecular flexibility index (Phi) is 3.35. The van der Waals surface area contributed by atoms with Gasteiger partial charge in [0.2, 0.25) is 0 Å². The molecule has 0 amide bonds. The number of fused-ring (bicyclic) bond motifs is 1. The standard InChI is InChI=1S/C12H17NO4S/c1-12(2,3)17-13-18(14,15)10-4-5-11-9(8-10)6-7-16-11/h4-5,8,13H,6-7H2,1-3H3. The molecule has 0 fully saturated rings. The lowest BCUT2D eigenvalue weighted by molar-refractivity contribution is -0.0357. The summed E-state index contributed by atoms with van der Waals surface area (Å²) >= 11 is 0. The molecule has 0 aliphatic carbocycles. The van der Waals surface area contributed by atoms with Crippen molar-refractivity contribution in [2.24, 2.45) is 0 Å². The summed E-state index contributed by atoms with van der Waals surface area (Å²) in [4.78, 5) is 7.43. The molecule has 0 aromatic heterocycles. The van der Waals surface area contributed by atoms with E-state index in [-0.39, 0.29) is 4.90 Å². The van der Waals surface area contributed by atoms with E-state index in [1.807, 2.05) is 0 Å². The zero-order valence-corrected chi connectivity index (χ0v) is 11.5. The molecule has 6 heteroatoms. The average molecular weight is 271 g/mol. The fourth-order valence-corrected chi connectivity index (χ4v) is 2.56. The van der Waals surface area contributed by atoms with Gasteiger partial charge in [-0.05, 0) is 44.5 Å². The van der Waals surface area contributed by atoms with Gasteiger partial charge in [-0.25, -0.2) is 8.42 Å².